The molecule has 0 unspecified atom stereocenters. The Morgan fingerprint density at radius 3 is 2.54 bits per heavy atom. The fraction of sp³-hybridized carbons (Fsp3) is 0.278. The van der Waals surface area contributed by atoms with E-state index in [1.54, 1.807) is 29.4 Å². The molecule has 24 heavy (non-hydrogen) atoms. The lowest BCUT2D eigenvalue weighted by Gasteiger charge is -2.31. The molecular weight excluding hydrogens is 370 g/mol. The van der Waals surface area contributed by atoms with Gasteiger partial charge in [0, 0.05) is 35.9 Å². The second-order valence-corrected chi connectivity index (χ2v) is 6.63. The summed E-state index contributed by atoms with van der Waals surface area (Å²) in [5.41, 5.74) is 1.37. The maximum atomic E-state index is 12.4. The van der Waals surface area contributed by atoms with Crippen LogP contribution >= 0.6 is 15.9 Å². The molecule has 0 aliphatic carbocycles. The molecule has 3 rings (SSSR count). The largest absolute Gasteiger partial charge is 0.339 e. The molecule has 6 heteroatoms. The van der Waals surface area contributed by atoms with Gasteiger partial charge in [-0.1, -0.05) is 12.1 Å². The summed E-state index contributed by atoms with van der Waals surface area (Å²) in [7, 11) is 0. The van der Waals surface area contributed by atoms with Crippen molar-refractivity contribution in [2.24, 2.45) is 5.92 Å². The van der Waals surface area contributed by atoms with Crippen LogP contribution in [0.15, 0.2) is 53.3 Å². The Bertz CT molecular complexity index is 728. The van der Waals surface area contributed by atoms with Gasteiger partial charge in [-0.15, -0.1) is 0 Å². The zero-order valence-corrected chi connectivity index (χ0v) is 14.7. The van der Waals surface area contributed by atoms with Gasteiger partial charge in [-0.25, -0.2) is 0 Å². The van der Waals surface area contributed by atoms with E-state index in [1.165, 1.54) is 0 Å². The highest BCUT2D eigenvalue weighted by atomic mass is 79.9. The van der Waals surface area contributed by atoms with E-state index in [0.29, 0.717) is 31.5 Å². The van der Waals surface area contributed by atoms with Gasteiger partial charge in [0.05, 0.1) is 11.3 Å². The maximum absolute atomic E-state index is 12.4. The van der Waals surface area contributed by atoms with E-state index in [1.807, 2.05) is 24.3 Å². The predicted octanol–water partition coefficient (Wildman–Crippen LogP) is 3.34. The molecule has 5 nitrogen and oxygen atoms in total. The van der Waals surface area contributed by atoms with Crippen molar-refractivity contribution in [2.75, 3.05) is 18.4 Å². The number of piperidine rings is 1. The number of benzene rings is 1. The summed E-state index contributed by atoms with van der Waals surface area (Å²) in [4.78, 5) is 30.6. The molecule has 0 bridgehead atoms. The number of rotatable bonds is 3. The van der Waals surface area contributed by atoms with Gasteiger partial charge < -0.3 is 10.2 Å². The van der Waals surface area contributed by atoms with Crippen LogP contribution in [0.25, 0.3) is 0 Å². The van der Waals surface area contributed by atoms with Crippen LogP contribution < -0.4 is 5.32 Å². The number of anilines is 1. The number of aromatic nitrogens is 1. The van der Waals surface area contributed by atoms with Crippen LogP contribution in [-0.2, 0) is 4.79 Å². The zero-order valence-electron chi connectivity index (χ0n) is 13.1. The van der Waals surface area contributed by atoms with Crippen molar-refractivity contribution in [1.29, 1.82) is 0 Å². The van der Waals surface area contributed by atoms with Gasteiger partial charge >= 0.3 is 0 Å². The van der Waals surface area contributed by atoms with E-state index in [2.05, 4.69) is 26.2 Å². The van der Waals surface area contributed by atoms with Crippen molar-refractivity contribution in [3.8, 4) is 0 Å². The second-order valence-electron chi connectivity index (χ2n) is 5.78. The number of hydrogen-bond donors (Lipinski definition) is 1. The van der Waals surface area contributed by atoms with Gasteiger partial charge in [0.2, 0.25) is 5.91 Å². The third kappa shape index (κ3) is 3.82. The number of halogens is 1. The number of hydrogen-bond acceptors (Lipinski definition) is 3. The average Bonchev–Trinajstić information content (AvgIpc) is 2.64. The van der Waals surface area contributed by atoms with Crippen molar-refractivity contribution in [1.82, 2.24) is 9.88 Å². The molecule has 1 saturated heterocycles. The van der Waals surface area contributed by atoms with E-state index in [0.717, 1.165) is 10.2 Å². The van der Waals surface area contributed by atoms with Gasteiger partial charge in [0.1, 0.15) is 0 Å². The number of carbonyl (C=O) groups is 2. The molecule has 1 aromatic carbocycles. The first-order valence-corrected chi connectivity index (χ1v) is 8.69. The van der Waals surface area contributed by atoms with E-state index in [9.17, 15) is 9.59 Å². The molecule has 2 amide bonds. The van der Waals surface area contributed by atoms with Gasteiger partial charge in [0.25, 0.3) is 5.91 Å². The van der Waals surface area contributed by atoms with Crippen molar-refractivity contribution in [3.63, 3.8) is 0 Å². The minimum Gasteiger partial charge on any atom is -0.339 e. The Morgan fingerprint density at radius 2 is 1.88 bits per heavy atom. The minimum absolute atomic E-state index is 0.00961. The highest BCUT2D eigenvalue weighted by Crippen LogP contribution is 2.24. The molecule has 1 fully saturated rings. The maximum Gasteiger partial charge on any atom is 0.255 e. The molecule has 2 heterocycles. The number of pyridine rings is 1. The topological polar surface area (TPSA) is 62.3 Å². The fourth-order valence-corrected chi connectivity index (χ4v) is 3.20. The summed E-state index contributed by atoms with van der Waals surface area (Å²) in [5.74, 6) is -0.0850. The smallest absolute Gasteiger partial charge is 0.255 e. The number of amides is 2. The Kier molecular flexibility index (Phi) is 5.25. The number of nitrogens with zero attached hydrogens (tertiary/aromatic N) is 2. The lowest BCUT2D eigenvalue weighted by molar-refractivity contribution is -0.121. The lowest BCUT2D eigenvalue weighted by Crippen LogP contribution is -2.41. The van der Waals surface area contributed by atoms with Crippen LogP contribution in [0.2, 0.25) is 0 Å². The molecule has 0 atom stereocenters. The average molecular weight is 388 g/mol. The summed E-state index contributed by atoms with van der Waals surface area (Å²) < 4.78 is 0.863. The monoisotopic (exact) mass is 387 g/mol. The highest BCUT2D eigenvalue weighted by molar-refractivity contribution is 9.10. The fourth-order valence-electron chi connectivity index (χ4n) is 2.81. The Morgan fingerprint density at radius 1 is 1.12 bits per heavy atom. The standard InChI is InChI=1S/C18H18BrN3O2/c19-15-5-1-2-6-16(15)21-17(23)13-7-10-22(11-8-13)18(24)14-4-3-9-20-12-14/h1-6,9,12-13H,7-8,10-11H2,(H,21,23). The number of para-hydroxylation sites is 1. The normalized spacial score (nSPS) is 15.1. The van der Waals surface area contributed by atoms with Gasteiger partial charge in [-0.3, -0.25) is 14.6 Å². The van der Waals surface area contributed by atoms with Crippen LogP contribution in [0.5, 0.6) is 0 Å². The van der Waals surface area contributed by atoms with Crippen LogP contribution in [-0.4, -0.2) is 34.8 Å². The molecule has 1 aromatic heterocycles. The van der Waals surface area contributed by atoms with Crippen LogP contribution in [0, 0.1) is 5.92 Å². The lowest BCUT2D eigenvalue weighted by atomic mass is 9.95. The molecular formula is C18H18BrN3O2. The SMILES string of the molecule is O=C(Nc1ccccc1Br)C1CCN(C(=O)c2cccnc2)CC1. The Hall–Kier alpha value is -2.21. The molecule has 1 N–H and O–H groups in total. The first-order chi connectivity index (χ1) is 11.6. The number of likely N-dealkylation sites (tertiary alicyclic amines) is 1. The summed E-state index contributed by atoms with van der Waals surface area (Å²) in [5, 5.41) is 2.96. The van der Waals surface area contributed by atoms with Crippen molar-refractivity contribution in [3.05, 3.63) is 58.8 Å². The molecule has 0 spiro atoms. The Labute approximate surface area is 149 Å². The van der Waals surface area contributed by atoms with E-state index in [-0.39, 0.29) is 17.7 Å². The molecule has 124 valence electrons. The minimum atomic E-state index is -0.0740. The number of carbonyl (C=O) groups excluding carboxylic acids is 2. The summed E-state index contributed by atoms with van der Waals surface area (Å²) in [6.45, 7) is 1.17. The summed E-state index contributed by atoms with van der Waals surface area (Å²) in [6, 6.07) is 11.1. The second kappa shape index (κ2) is 7.57. The predicted molar refractivity (Wildman–Crippen MR) is 95.6 cm³/mol. The first kappa shape index (κ1) is 16.6. The molecule has 2 aromatic rings. The van der Waals surface area contributed by atoms with Crippen LogP contribution in [0.1, 0.15) is 23.2 Å². The van der Waals surface area contributed by atoms with Gasteiger partial charge in [0.15, 0.2) is 0 Å². The summed E-state index contributed by atoms with van der Waals surface area (Å²) in [6.07, 6.45) is 4.56. The van der Waals surface area contributed by atoms with Crippen molar-refractivity contribution >= 4 is 33.4 Å². The Balaban J connectivity index is 1.56. The highest BCUT2D eigenvalue weighted by Gasteiger charge is 2.28. The van der Waals surface area contributed by atoms with E-state index < -0.39 is 0 Å². The van der Waals surface area contributed by atoms with Gasteiger partial charge in [-0.05, 0) is 53.0 Å². The van der Waals surface area contributed by atoms with Crippen molar-refractivity contribution < 1.29 is 9.59 Å². The molecule has 1 aliphatic rings. The third-order valence-electron chi connectivity index (χ3n) is 4.19. The summed E-state index contributed by atoms with van der Waals surface area (Å²) >= 11 is 3.43. The van der Waals surface area contributed by atoms with E-state index in [4.69, 9.17) is 0 Å². The molecule has 0 saturated carbocycles. The number of nitrogens with one attached hydrogen (secondary N) is 1. The third-order valence-corrected chi connectivity index (χ3v) is 4.88. The van der Waals surface area contributed by atoms with Crippen LogP contribution in [0.3, 0.4) is 0 Å². The van der Waals surface area contributed by atoms with Crippen molar-refractivity contribution in [2.45, 2.75) is 12.8 Å². The first-order valence-electron chi connectivity index (χ1n) is 7.90. The van der Waals surface area contributed by atoms with Crippen LogP contribution in [0.4, 0.5) is 5.69 Å². The zero-order chi connectivity index (χ0) is 16.9. The molecule has 0 radical (unpaired) electrons. The van der Waals surface area contributed by atoms with E-state index >= 15 is 0 Å². The quantitative estimate of drug-likeness (QED) is 0.878. The van der Waals surface area contributed by atoms with Gasteiger partial charge in [-0.2, -0.15) is 0 Å². The molecule has 1 aliphatic heterocycles.